The van der Waals surface area contributed by atoms with Crippen molar-refractivity contribution in [1.82, 2.24) is 0 Å². The minimum Gasteiger partial charge on any atom is -0.327 e. The summed E-state index contributed by atoms with van der Waals surface area (Å²) in [6.07, 6.45) is 3.62. The van der Waals surface area contributed by atoms with Crippen LogP contribution < -0.4 is 4.90 Å². The van der Waals surface area contributed by atoms with Gasteiger partial charge in [0.25, 0.3) is 10.0 Å². The maximum atomic E-state index is 11.7. The summed E-state index contributed by atoms with van der Waals surface area (Å²) in [5, 5.41) is 0. The molecule has 0 saturated heterocycles. The van der Waals surface area contributed by atoms with E-state index in [1.165, 1.54) is 6.34 Å². The normalized spacial score (nSPS) is 21.9. The van der Waals surface area contributed by atoms with E-state index in [1.807, 2.05) is 11.0 Å². The molecule has 2 aliphatic rings. The van der Waals surface area contributed by atoms with Gasteiger partial charge in [0.15, 0.2) is 0 Å². The lowest BCUT2D eigenvalue weighted by Crippen LogP contribution is -2.29. The zero-order valence-electron chi connectivity index (χ0n) is 8.30. The number of sulfonamides is 1. The van der Waals surface area contributed by atoms with Crippen molar-refractivity contribution in [1.29, 1.82) is 0 Å². The second-order valence-corrected chi connectivity index (χ2v) is 6.46. The summed E-state index contributed by atoms with van der Waals surface area (Å²) < 4.78 is 28.0. The fraction of sp³-hybridized carbons (Fsp3) is 0.300. The number of benzene rings is 1. The molecule has 84 valence electrons. The quantitative estimate of drug-likeness (QED) is 0.798. The van der Waals surface area contributed by atoms with Crippen LogP contribution in [0.25, 0.3) is 0 Å². The topological polar surface area (TPSA) is 49.7 Å². The summed E-state index contributed by atoms with van der Waals surface area (Å²) in [6, 6.07) is 5.56. The van der Waals surface area contributed by atoms with E-state index in [1.54, 1.807) is 12.1 Å². The summed E-state index contributed by atoms with van der Waals surface area (Å²) in [7, 11) is -3.49. The summed E-state index contributed by atoms with van der Waals surface area (Å²) in [4.78, 5) is 2.24. The van der Waals surface area contributed by atoms with Crippen molar-refractivity contribution < 1.29 is 8.42 Å². The standard InChI is InChI=1S/C10H9BrN2O2S/c11-7-1-4-10-9(5-7)13(8-2-3-8)6-12-16(10,14)15/h1,4-6,8H,2-3H2. The Morgan fingerprint density at radius 1 is 1.38 bits per heavy atom. The number of hydrogen-bond donors (Lipinski definition) is 0. The van der Waals surface area contributed by atoms with Gasteiger partial charge in [0.2, 0.25) is 0 Å². The lowest BCUT2D eigenvalue weighted by molar-refractivity contribution is 0.597. The average molecular weight is 301 g/mol. The van der Waals surface area contributed by atoms with Gasteiger partial charge in [-0.2, -0.15) is 8.42 Å². The van der Waals surface area contributed by atoms with Gasteiger partial charge in [0.05, 0.1) is 5.69 Å². The first kappa shape index (κ1) is 10.3. The lowest BCUT2D eigenvalue weighted by atomic mass is 10.3. The predicted molar refractivity (Wildman–Crippen MR) is 65.3 cm³/mol. The third kappa shape index (κ3) is 1.56. The number of anilines is 1. The highest BCUT2D eigenvalue weighted by Crippen LogP contribution is 2.38. The molecule has 3 rings (SSSR count). The fourth-order valence-corrected chi connectivity index (χ4v) is 3.14. The van der Waals surface area contributed by atoms with E-state index >= 15 is 0 Å². The number of nitrogens with zero attached hydrogens (tertiary/aromatic N) is 2. The summed E-state index contributed by atoms with van der Waals surface area (Å²) in [6.45, 7) is 0. The molecule has 0 amide bonds. The molecule has 4 nitrogen and oxygen atoms in total. The van der Waals surface area contributed by atoms with Crippen LogP contribution in [0.4, 0.5) is 5.69 Å². The van der Waals surface area contributed by atoms with Gasteiger partial charge in [0, 0.05) is 10.5 Å². The first-order valence-corrected chi connectivity index (χ1v) is 7.19. The number of rotatable bonds is 1. The molecule has 6 heteroatoms. The highest BCUT2D eigenvalue weighted by atomic mass is 79.9. The Bertz CT molecular complexity index is 578. The van der Waals surface area contributed by atoms with Gasteiger partial charge >= 0.3 is 0 Å². The van der Waals surface area contributed by atoms with Gasteiger partial charge in [-0.15, -0.1) is 4.40 Å². The smallest absolute Gasteiger partial charge is 0.285 e. The van der Waals surface area contributed by atoms with E-state index in [2.05, 4.69) is 20.3 Å². The maximum Gasteiger partial charge on any atom is 0.285 e. The molecule has 0 spiro atoms. The molecule has 0 aromatic heterocycles. The molecule has 0 atom stereocenters. The molecule has 0 bridgehead atoms. The van der Waals surface area contributed by atoms with Crippen LogP contribution in [0.15, 0.2) is 32.0 Å². The van der Waals surface area contributed by atoms with Gasteiger partial charge in [-0.25, -0.2) is 0 Å². The molecule has 0 radical (unpaired) electrons. The molecular weight excluding hydrogens is 292 g/mol. The Labute approximate surface area is 102 Å². The molecule has 1 heterocycles. The minimum absolute atomic E-state index is 0.296. The van der Waals surface area contributed by atoms with Crippen molar-refractivity contribution in [2.45, 2.75) is 23.8 Å². The molecule has 1 aliphatic carbocycles. The summed E-state index contributed by atoms with van der Waals surface area (Å²) in [5.74, 6) is 0. The summed E-state index contributed by atoms with van der Waals surface area (Å²) in [5.41, 5.74) is 0.729. The zero-order chi connectivity index (χ0) is 11.3. The van der Waals surface area contributed by atoms with Crippen LogP contribution in [-0.4, -0.2) is 20.8 Å². The number of hydrogen-bond acceptors (Lipinski definition) is 3. The van der Waals surface area contributed by atoms with Crippen molar-refractivity contribution in [2.24, 2.45) is 4.40 Å². The van der Waals surface area contributed by atoms with Crippen LogP contribution in [0.1, 0.15) is 12.8 Å². The van der Waals surface area contributed by atoms with Crippen molar-refractivity contribution in [3.63, 3.8) is 0 Å². The minimum atomic E-state index is -3.49. The fourth-order valence-electron chi connectivity index (χ4n) is 1.79. The van der Waals surface area contributed by atoms with Crippen LogP contribution in [0.5, 0.6) is 0 Å². The monoisotopic (exact) mass is 300 g/mol. The van der Waals surface area contributed by atoms with E-state index in [-0.39, 0.29) is 0 Å². The van der Waals surface area contributed by atoms with E-state index in [0.29, 0.717) is 10.9 Å². The highest BCUT2D eigenvalue weighted by Gasteiger charge is 2.34. The Balaban J connectivity index is 2.22. The van der Waals surface area contributed by atoms with Gasteiger partial charge in [0.1, 0.15) is 11.2 Å². The van der Waals surface area contributed by atoms with Gasteiger partial charge in [-0.1, -0.05) is 15.9 Å². The second kappa shape index (κ2) is 3.30. The van der Waals surface area contributed by atoms with E-state index < -0.39 is 10.0 Å². The maximum absolute atomic E-state index is 11.7. The zero-order valence-corrected chi connectivity index (χ0v) is 10.7. The molecular formula is C10H9BrN2O2S. The Morgan fingerprint density at radius 3 is 2.81 bits per heavy atom. The first-order chi connectivity index (χ1) is 7.58. The van der Waals surface area contributed by atoms with E-state index in [4.69, 9.17) is 0 Å². The third-order valence-corrected chi connectivity index (χ3v) is 4.49. The van der Waals surface area contributed by atoms with Gasteiger partial charge in [-0.05, 0) is 31.0 Å². The van der Waals surface area contributed by atoms with Crippen molar-refractivity contribution >= 4 is 38.0 Å². The molecule has 0 N–H and O–H groups in total. The molecule has 1 aromatic rings. The Kier molecular flexibility index (Phi) is 2.12. The Morgan fingerprint density at radius 2 is 2.12 bits per heavy atom. The molecule has 1 saturated carbocycles. The largest absolute Gasteiger partial charge is 0.327 e. The van der Waals surface area contributed by atoms with Gasteiger partial charge < -0.3 is 4.90 Å². The van der Waals surface area contributed by atoms with Crippen LogP contribution >= 0.6 is 15.9 Å². The third-order valence-electron chi connectivity index (χ3n) is 2.73. The Hall–Kier alpha value is -0.880. The molecule has 16 heavy (non-hydrogen) atoms. The number of halogens is 1. The van der Waals surface area contributed by atoms with Gasteiger partial charge in [-0.3, -0.25) is 0 Å². The molecule has 1 aliphatic heterocycles. The lowest BCUT2D eigenvalue weighted by Gasteiger charge is -2.24. The van der Waals surface area contributed by atoms with Crippen molar-refractivity contribution in [3.05, 3.63) is 22.7 Å². The molecule has 1 fully saturated rings. The van der Waals surface area contributed by atoms with Crippen LogP contribution in [0.3, 0.4) is 0 Å². The second-order valence-electron chi connectivity index (χ2n) is 3.95. The van der Waals surface area contributed by atoms with Crippen molar-refractivity contribution in [3.8, 4) is 0 Å². The molecule has 0 unspecified atom stereocenters. The van der Waals surface area contributed by atoms with Crippen LogP contribution in [0.2, 0.25) is 0 Å². The predicted octanol–water partition coefficient (Wildman–Crippen LogP) is 2.15. The van der Waals surface area contributed by atoms with E-state index in [0.717, 1.165) is 23.0 Å². The average Bonchev–Trinajstić information content (AvgIpc) is 3.01. The summed E-state index contributed by atoms with van der Waals surface area (Å²) >= 11 is 3.36. The SMILES string of the molecule is O=S1(=O)N=CN(C2CC2)c2cc(Br)ccc21. The van der Waals surface area contributed by atoms with Crippen LogP contribution in [-0.2, 0) is 10.0 Å². The molecule has 1 aromatic carbocycles. The van der Waals surface area contributed by atoms with Crippen molar-refractivity contribution in [2.75, 3.05) is 4.90 Å². The van der Waals surface area contributed by atoms with Crippen LogP contribution in [0, 0.1) is 0 Å². The highest BCUT2D eigenvalue weighted by molar-refractivity contribution is 9.10. The number of fused-ring (bicyclic) bond motifs is 1. The first-order valence-electron chi connectivity index (χ1n) is 4.96. The van der Waals surface area contributed by atoms with E-state index in [9.17, 15) is 8.42 Å².